The van der Waals surface area contributed by atoms with Crippen LogP contribution in [0.1, 0.15) is 17.1 Å². The third-order valence-corrected chi connectivity index (χ3v) is 3.77. The summed E-state index contributed by atoms with van der Waals surface area (Å²) in [5.41, 5.74) is 0.670. The molecule has 1 aromatic heterocycles. The zero-order valence-corrected chi connectivity index (χ0v) is 13.6. The van der Waals surface area contributed by atoms with E-state index in [9.17, 15) is 9.59 Å². The molecule has 126 valence electrons. The van der Waals surface area contributed by atoms with Crippen molar-refractivity contribution in [1.82, 2.24) is 15.3 Å². The van der Waals surface area contributed by atoms with Crippen molar-refractivity contribution in [3.05, 3.63) is 51.7 Å². The number of aromatic nitrogens is 2. The number of amides is 1. The van der Waals surface area contributed by atoms with Crippen LogP contribution in [0.25, 0.3) is 0 Å². The standard InChI is InChI=1S/C17H19N3O4/c1-10-13(17(22)20-11(2)19-10)7-16(21)18-8-12-9-23-14-5-3-4-6-15(14)24-12/h3-6,12H,7-9H2,1-2H3,(H,18,21)(H,19,20,22). The van der Waals surface area contributed by atoms with E-state index in [4.69, 9.17) is 9.47 Å². The Morgan fingerprint density at radius 1 is 1.33 bits per heavy atom. The van der Waals surface area contributed by atoms with Gasteiger partial charge in [-0.15, -0.1) is 0 Å². The largest absolute Gasteiger partial charge is 0.486 e. The molecule has 0 radical (unpaired) electrons. The van der Waals surface area contributed by atoms with Crippen molar-refractivity contribution in [2.45, 2.75) is 26.4 Å². The van der Waals surface area contributed by atoms with E-state index in [-0.39, 0.29) is 24.0 Å². The first kappa shape index (κ1) is 16.0. The first-order chi connectivity index (χ1) is 11.5. The molecule has 7 heteroatoms. The molecule has 0 bridgehead atoms. The highest BCUT2D eigenvalue weighted by Crippen LogP contribution is 2.30. The fraction of sp³-hybridized carbons (Fsp3) is 0.353. The molecule has 0 saturated carbocycles. The lowest BCUT2D eigenvalue weighted by molar-refractivity contribution is -0.121. The highest BCUT2D eigenvalue weighted by atomic mass is 16.6. The van der Waals surface area contributed by atoms with E-state index in [0.717, 1.165) is 0 Å². The second-order valence-electron chi connectivity index (χ2n) is 5.69. The molecule has 1 unspecified atom stereocenters. The molecule has 2 aromatic rings. The summed E-state index contributed by atoms with van der Waals surface area (Å²) < 4.78 is 11.4. The summed E-state index contributed by atoms with van der Waals surface area (Å²) in [5.74, 6) is 1.65. The van der Waals surface area contributed by atoms with Crippen LogP contribution < -0.4 is 20.3 Å². The van der Waals surface area contributed by atoms with Gasteiger partial charge in [-0.25, -0.2) is 4.98 Å². The molecule has 3 rings (SSSR count). The molecule has 0 aliphatic carbocycles. The van der Waals surface area contributed by atoms with Gasteiger partial charge in [-0.05, 0) is 26.0 Å². The highest BCUT2D eigenvalue weighted by Gasteiger charge is 2.21. The van der Waals surface area contributed by atoms with E-state index < -0.39 is 0 Å². The highest BCUT2D eigenvalue weighted by molar-refractivity contribution is 5.78. The van der Waals surface area contributed by atoms with Gasteiger partial charge >= 0.3 is 0 Å². The monoisotopic (exact) mass is 329 g/mol. The van der Waals surface area contributed by atoms with Gasteiger partial charge in [0.15, 0.2) is 11.5 Å². The van der Waals surface area contributed by atoms with Gasteiger partial charge in [0.05, 0.1) is 13.0 Å². The number of aryl methyl sites for hydroxylation is 2. The molecular formula is C17H19N3O4. The first-order valence-corrected chi connectivity index (χ1v) is 7.74. The van der Waals surface area contributed by atoms with Crippen LogP contribution in [0, 0.1) is 13.8 Å². The number of benzene rings is 1. The Labute approximate surface area is 139 Å². The number of nitrogens with zero attached hydrogens (tertiary/aromatic N) is 1. The zero-order valence-electron chi connectivity index (χ0n) is 13.6. The van der Waals surface area contributed by atoms with E-state index >= 15 is 0 Å². The molecule has 0 fully saturated rings. The van der Waals surface area contributed by atoms with Crippen molar-refractivity contribution in [3.8, 4) is 11.5 Å². The van der Waals surface area contributed by atoms with Crippen LogP contribution in [0.5, 0.6) is 11.5 Å². The summed E-state index contributed by atoms with van der Waals surface area (Å²) in [5, 5.41) is 2.78. The third kappa shape index (κ3) is 3.56. The first-order valence-electron chi connectivity index (χ1n) is 7.74. The fourth-order valence-electron chi connectivity index (χ4n) is 2.57. The summed E-state index contributed by atoms with van der Waals surface area (Å²) in [4.78, 5) is 30.8. The van der Waals surface area contributed by atoms with E-state index in [1.54, 1.807) is 13.8 Å². The maximum absolute atomic E-state index is 12.1. The van der Waals surface area contributed by atoms with Crippen LogP contribution in [0.15, 0.2) is 29.1 Å². The average molecular weight is 329 g/mol. The molecule has 1 aliphatic heterocycles. The second-order valence-corrected chi connectivity index (χ2v) is 5.69. The number of para-hydroxylation sites is 2. The minimum Gasteiger partial charge on any atom is -0.486 e. The Morgan fingerprint density at radius 2 is 2.08 bits per heavy atom. The quantitative estimate of drug-likeness (QED) is 0.869. The predicted molar refractivity (Wildman–Crippen MR) is 87.4 cm³/mol. The molecule has 1 aliphatic rings. The smallest absolute Gasteiger partial charge is 0.254 e. The lowest BCUT2D eigenvalue weighted by Gasteiger charge is -2.26. The van der Waals surface area contributed by atoms with Gasteiger partial charge in [0.2, 0.25) is 5.91 Å². The summed E-state index contributed by atoms with van der Waals surface area (Å²) in [6.07, 6.45) is -0.280. The van der Waals surface area contributed by atoms with Crippen LogP contribution >= 0.6 is 0 Å². The van der Waals surface area contributed by atoms with Crippen LogP contribution in [0.2, 0.25) is 0 Å². The molecule has 7 nitrogen and oxygen atoms in total. The van der Waals surface area contributed by atoms with Gasteiger partial charge in [0.25, 0.3) is 5.56 Å². The summed E-state index contributed by atoms with van der Waals surface area (Å²) in [7, 11) is 0. The molecule has 1 aromatic carbocycles. The summed E-state index contributed by atoms with van der Waals surface area (Å²) in [6.45, 7) is 4.10. The lowest BCUT2D eigenvalue weighted by Crippen LogP contribution is -2.41. The number of rotatable bonds is 4. The maximum atomic E-state index is 12.1. The van der Waals surface area contributed by atoms with Gasteiger partial charge in [-0.3, -0.25) is 9.59 Å². The van der Waals surface area contributed by atoms with Crippen molar-refractivity contribution < 1.29 is 14.3 Å². The normalized spacial score (nSPS) is 15.8. The molecule has 24 heavy (non-hydrogen) atoms. The van der Waals surface area contributed by atoms with E-state index in [0.29, 0.717) is 41.7 Å². The number of ether oxygens (including phenoxy) is 2. The molecule has 1 atom stereocenters. The van der Waals surface area contributed by atoms with E-state index in [2.05, 4.69) is 15.3 Å². The fourth-order valence-corrected chi connectivity index (χ4v) is 2.57. The number of hydrogen-bond donors (Lipinski definition) is 2. The van der Waals surface area contributed by atoms with Gasteiger partial charge in [0, 0.05) is 11.3 Å². The van der Waals surface area contributed by atoms with Gasteiger partial charge in [-0.2, -0.15) is 0 Å². The van der Waals surface area contributed by atoms with Gasteiger partial charge in [0.1, 0.15) is 18.5 Å². The van der Waals surface area contributed by atoms with Crippen molar-refractivity contribution in [3.63, 3.8) is 0 Å². The predicted octanol–water partition coefficient (Wildman–Crippen LogP) is 0.885. The number of fused-ring (bicyclic) bond motifs is 1. The number of nitrogens with one attached hydrogen (secondary N) is 2. The average Bonchev–Trinajstić information content (AvgIpc) is 2.56. The van der Waals surface area contributed by atoms with E-state index in [1.807, 2.05) is 24.3 Å². The summed E-state index contributed by atoms with van der Waals surface area (Å²) >= 11 is 0. The molecule has 1 amide bonds. The van der Waals surface area contributed by atoms with Gasteiger partial charge < -0.3 is 19.8 Å². The second kappa shape index (κ2) is 6.74. The Hall–Kier alpha value is -2.83. The molecule has 0 spiro atoms. The van der Waals surface area contributed by atoms with Crippen LogP contribution in [0.4, 0.5) is 0 Å². The van der Waals surface area contributed by atoms with Crippen molar-refractivity contribution in [2.24, 2.45) is 0 Å². The minimum atomic E-state index is -0.277. The zero-order chi connectivity index (χ0) is 17.1. The van der Waals surface area contributed by atoms with Crippen LogP contribution in [-0.4, -0.2) is 35.1 Å². The molecule has 0 saturated heterocycles. The minimum absolute atomic E-state index is 0.0153. The van der Waals surface area contributed by atoms with Crippen LogP contribution in [0.3, 0.4) is 0 Å². The van der Waals surface area contributed by atoms with Crippen molar-refractivity contribution in [2.75, 3.05) is 13.2 Å². The molecular weight excluding hydrogens is 310 g/mol. The van der Waals surface area contributed by atoms with E-state index in [1.165, 1.54) is 0 Å². The number of aromatic amines is 1. The van der Waals surface area contributed by atoms with Crippen molar-refractivity contribution >= 4 is 5.91 Å². The third-order valence-electron chi connectivity index (χ3n) is 3.77. The number of carbonyl (C=O) groups excluding carboxylic acids is 1. The SMILES string of the molecule is Cc1nc(C)c(CC(=O)NCC2COc3ccccc3O2)c(=O)[nH]1. The summed E-state index contributed by atoms with van der Waals surface area (Å²) in [6, 6.07) is 7.40. The topological polar surface area (TPSA) is 93.3 Å². The Morgan fingerprint density at radius 3 is 2.83 bits per heavy atom. The Balaban J connectivity index is 1.56. The van der Waals surface area contributed by atoms with Crippen LogP contribution in [-0.2, 0) is 11.2 Å². The van der Waals surface area contributed by atoms with Gasteiger partial charge in [-0.1, -0.05) is 12.1 Å². The Bertz CT molecular complexity index is 816. The Kier molecular flexibility index (Phi) is 4.50. The van der Waals surface area contributed by atoms with Crippen molar-refractivity contribution in [1.29, 1.82) is 0 Å². The maximum Gasteiger partial charge on any atom is 0.254 e. The number of carbonyl (C=O) groups is 1. The number of hydrogen-bond acceptors (Lipinski definition) is 5. The molecule has 2 N–H and O–H groups in total. The molecule has 2 heterocycles. The lowest BCUT2D eigenvalue weighted by atomic mass is 10.1. The number of H-pyrrole nitrogens is 1.